The van der Waals surface area contributed by atoms with E-state index in [1.165, 1.54) is 6.92 Å². The topological polar surface area (TPSA) is 84.2 Å². The molecule has 1 aromatic carbocycles. The predicted octanol–water partition coefficient (Wildman–Crippen LogP) is 1.59. The fraction of sp³-hybridized carbons (Fsp3) is 0.385. The summed E-state index contributed by atoms with van der Waals surface area (Å²) in [7, 11) is 0. The van der Waals surface area contributed by atoms with Gasteiger partial charge in [-0.2, -0.15) is 0 Å². The van der Waals surface area contributed by atoms with Crippen LogP contribution in [0.5, 0.6) is 0 Å². The fourth-order valence-corrected chi connectivity index (χ4v) is 1.52. The molecule has 106 valence electrons. The average molecular weight is 286 g/mol. The highest BCUT2D eigenvalue weighted by molar-refractivity contribution is 5.88. The van der Waals surface area contributed by atoms with Crippen molar-refractivity contribution in [2.24, 2.45) is 5.73 Å². The van der Waals surface area contributed by atoms with Crippen molar-refractivity contribution in [1.29, 1.82) is 0 Å². The molecule has 1 rings (SSSR count). The first kappa shape index (κ1) is 17.4. The minimum absolute atomic E-state index is 0. The van der Waals surface area contributed by atoms with Crippen LogP contribution in [0.25, 0.3) is 0 Å². The van der Waals surface area contributed by atoms with Gasteiger partial charge in [-0.15, -0.1) is 12.4 Å². The Kier molecular flexibility index (Phi) is 7.11. The third-order valence-corrected chi connectivity index (χ3v) is 2.48. The highest BCUT2D eigenvalue weighted by Crippen LogP contribution is 2.17. The number of carbonyl (C=O) groups excluding carboxylic acids is 2. The largest absolute Gasteiger partial charge is 0.348 e. The van der Waals surface area contributed by atoms with Crippen molar-refractivity contribution < 1.29 is 9.59 Å². The maximum absolute atomic E-state index is 11.5. The Morgan fingerprint density at radius 2 is 1.89 bits per heavy atom. The van der Waals surface area contributed by atoms with Crippen molar-refractivity contribution in [3.05, 3.63) is 29.8 Å². The molecule has 19 heavy (non-hydrogen) atoms. The van der Waals surface area contributed by atoms with E-state index in [0.29, 0.717) is 5.69 Å². The van der Waals surface area contributed by atoms with E-state index < -0.39 is 6.04 Å². The summed E-state index contributed by atoms with van der Waals surface area (Å²) < 4.78 is 0. The van der Waals surface area contributed by atoms with Crippen LogP contribution in [0.4, 0.5) is 5.69 Å². The number of halogens is 1. The second kappa shape index (κ2) is 7.76. The zero-order chi connectivity index (χ0) is 13.7. The SMILES string of the molecule is CC(=O)Nc1cccc(C(C)NC(=O)C(C)N)c1.Cl. The first-order valence-electron chi connectivity index (χ1n) is 5.83. The molecule has 0 saturated carbocycles. The van der Waals surface area contributed by atoms with Crippen LogP contribution in [0.15, 0.2) is 24.3 Å². The molecule has 6 heteroatoms. The van der Waals surface area contributed by atoms with Gasteiger partial charge in [0.25, 0.3) is 0 Å². The molecule has 0 aliphatic carbocycles. The lowest BCUT2D eigenvalue weighted by atomic mass is 10.1. The van der Waals surface area contributed by atoms with E-state index in [1.54, 1.807) is 13.0 Å². The van der Waals surface area contributed by atoms with Crippen LogP contribution in [0.1, 0.15) is 32.4 Å². The Bertz CT molecular complexity index is 449. The summed E-state index contributed by atoms with van der Waals surface area (Å²) in [6.07, 6.45) is 0. The molecule has 0 spiro atoms. The number of amides is 2. The molecule has 2 atom stereocenters. The maximum Gasteiger partial charge on any atom is 0.237 e. The Hall–Kier alpha value is -1.59. The quantitative estimate of drug-likeness (QED) is 0.785. The Balaban J connectivity index is 0.00000324. The van der Waals surface area contributed by atoms with Crippen LogP contribution in [0.3, 0.4) is 0 Å². The monoisotopic (exact) mass is 285 g/mol. The van der Waals surface area contributed by atoms with E-state index >= 15 is 0 Å². The van der Waals surface area contributed by atoms with Crippen molar-refractivity contribution in [2.75, 3.05) is 5.32 Å². The van der Waals surface area contributed by atoms with Gasteiger partial charge in [0, 0.05) is 12.6 Å². The molecular weight excluding hydrogens is 266 g/mol. The number of rotatable bonds is 4. The third kappa shape index (κ3) is 5.72. The van der Waals surface area contributed by atoms with Gasteiger partial charge in [0.2, 0.25) is 11.8 Å². The van der Waals surface area contributed by atoms with Crippen molar-refractivity contribution >= 4 is 29.9 Å². The predicted molar refractivity (Wildman–Crippen MR) is 78.2 cm³/mol. The number of benzene rings is 1. The number of hydrogen-bond acceptors (Lipinski definition) is 3. The molecule has 0 radical (unpaired) electrons. The molecule has 0 saturated heterocycles. The minimum Gasteiger partial charge on any atom is -0.348 e. The molecule has 0 aliphatic heterocycles. The van der Waals surface area contributed by atoms with Gasteiger partial charge >= 0.3 is 0 Å². The van der Waals surface area contributed by atoms with Crippen LogP contribution in [0.2, 0.25) is 0 Å². The lowest BCUT2D eigenvalue weighted by Gasteiger charge is -2.16. The van der Waals surface area contributed by atoms with E-state index in [4.69, 9.17) is 5.73 Å². The van der Waals surface area contributed by atoms with Gasteiger partial charge in [-0.05, 0) is 31.5 Å². The van der Waals surface area contributed by atoms with Crippen LogP contribution in [0, 0.1) is 0 Å². The van der Waals surface area contributed by atoms with E-state index in [-0.39, 0.29) is 30.3 Å². The number of nitrogens with one attached hydrogen (secondary N) is 2. The van der Waals surface area contributed by atoms with E-state index in [9.17, 15) is 9.59 Å². The summed E-state index contributed by atoms with van der Waals surface area (Å²) in [6, 6.07) is 6.65. The summed E-state index contributed by atoms with van der Waals surface area (Å²) in [5.41, 5.74) is 7.11. The van der Waals surface area contributed by atoms with Gasteiger partial charge in [-0.3, -0.25) is 9.59 Å². The smallest absolute Gasteiger partial charge is 0.237 e. The zero-order valence-electron chi connectivity index (χ0n) is 11.3. The molecule has 0 aliphatic rings. The van der Waals surface area contributed by atoms with Gasteiger partial charge in [0.15, 0.2) is 0 Å². The Labute approximate surface area is 119 Å². The lowest BCUT2D eigenvalue weighted by molar-refractivity contribution is -0.122. The van der Waals surface area contributed by atoms with E-state index in [0.717, 1.165) is 5.56 Å². The summed E-state index contributed by atoms with van der Waals surface area (Å²) in [5, 5.41) is 5.50. The van der Waals surface area contributed by atoms with Crippen LogP contribution < -0.4 is 16.4 Å². The standard InChI is InChI=1S/C13H19N3O2.ClH/c1-8(14)13(18)15-9(2)11-5-4-6-12(7-11)16-10(3)17;/h4-9H,14H2,1-3H3,(H,15,18)(H,16,17);1H. The summed E-state index contributed by atoms with van der Waals surface area (Å²) >= 11 is 0. The lowest BCUT2D eigenvalue weighted by Crippen LogP contribution is -2.39. The summed E-state index contributed by atoms with van der Waals surface area (Å²) in [5.74, 6) is -0.327. The van der Waals surface area contributed by atoms with E-state index in [2.05, 4.69) is 10.6 Å². The second-order valence-corrected chi connectivity index (χ2v) is 4.33. The van der Waals surface area contributed by atoms with Crippen LogP contribution >= 0.6 is 12.4 Å². The third-order valence-electron chi connectivity index (χ3n) is 2.48. The molecule has 2 amide bonds. The van der Waals surface area contributed by atoms with Crippen molar-refractivity contribution in [3.8, 4) is 0 Å². The zero-order valence-corrected chi connectivity index (χ0v) is 12.1. The molecule has 1 aromatic rings. The first-order valence-corrected chi connectivity index (χ1v) is 5.83. The number of nitrogens with two attached hydrogens (primary N) is 1. The fourth-order valence-electron chi connectivity index (χ4n) is 1.52. The molecule has 0 bridgehead atoms. The van der Waals surface area contributed by atoms with Gasteiger partial charge < -0.3 is 16.4 Å². The van der Waals surface area contributed by atoms with E-state index in [1.807, 2.05) is 25.1 Å². The highest BCUT2D eigenvalue weighted by atomic mass is 35.5. The molecular formula is C13H20ClN3O2. The normalized spacial score (nSPS) is 12.8. The van der Waals surface area contributed by atoms with Crippen molar-refractivity contribution in [3.63, 3.8) is 0 Å². The number of anilines is 1. The number of carbonyl (C=O) groups is 2. The summed E-state index contributed by atoms with van der Waals surface area (Å²) in [6.45, 7) is 4.96. The minimum atomic E-state index is -0.536. The molecule has 2 unspecified atom stereocenters. The molecule has 4 N–H and O–H groups in total. The van der Waals surface area contributed by atoms with Gasteiger partial charge in [-0.25, -0.2) is 0 Å². The van der Waals surface area contributed by atoms with Crippen molar-refractivity contribution in [1.82, 2.24) is 5.32 Å². The average Bonchev–Trinajstić information content (AvgIpc) is 2.28. The highest BCUT2D eigenvalue weighted by Gasteiger charge is 2.12. The summed E-state index contributed by atoms with van der Waals surface area (Å²) in [4.78, 5) is 22.4. The number of hydrogen-bond donors (Lipinski definition) is 3. The molecule has 0 aromatic heterocycles. The first-order chi connectivity index (χ1) is 8.40. The Morgan fingerprint density at radius 1 is 1.26 bits per heavy atom. The van der Waals surface area contributed by atoms with Gasteiger partial charge in [0.1, 0.15) is 0 Å². The molecule has 0 heterocycles. The molecule has 0 fully saturated rings. The Morgan fingerprint density at radius 3 is 2.42 bits per heavy atom. The maximum atomic E-state index is 11.5. The van der Waals surface area contributed by atoms with Crippen molar-refractivity contribution in [2.45, 2.75) is 32.9 Å². The molecule has 5 nitrogen and oxygen atoms in total. The van der Waals surface area contributed by atoms with Crippen LogP contribution in [-0.4, -0.2) is 17.9 Å². The second-order valence-electron chi connectivity index (χ2n) is 4.33. The van der Waals surface area contributed by atoms with Crippen LogP contribution in [-0.2, 0) is 9.59 Å². The van der Waals surface area contributed by atoms with Gasteiger partial charge in [0.05, 0.1) is 12.1 Å². The van der Waals surface area contributed by atoms with Gasteiger partial charge in [-0.1, -0.05) is 12.1 Å².